The minimum Gasteiger partial charge on any atom is -0.0984 e. The van der Waals surface area contributed by atoms with E-state index in [1.165, 1.54) is 38.1 Å². The highest BCUT2D eigenvalue weighted by Gasteiger charge is 2.20. The van der Waals surface area contributed by atoms with E-state index in [4.69, 9.17) is 0 Å². The van der Waals surface area contributed by atoms with Crippen molar-refractivity contribution in [3.8, 4) is 11.1 Å². The van der Waals surface area contributed by atoms with Crippen molar-refractivity contribution in [2.24, 2.45) is 0 Å². The second-order valence-electron chi connectivity index (χ2n) is 6.84. The van der Waals surface area contributed by atoms with Crippen LogP contribution in [0.5, 0.6) is 0 Å². The minimum atomic E-state index is -0.241. The Hall–Kier alpha value is -1.74. The Bertz CT molecular complexity index is 981. The second-order valence-corrected chi connectivity index (χ2v) is 11.4. The molecule has 0 radical (unpaired) electrons. The number of hydrogen-bond donors (Lipinski definition) is 0. The van der Waals surface area contributed by atoms with Crippen LogP contribution in [-0.4, -0.2) is 26.7 Å². The lowest BCUT2D eigenvalue weighted by atomic mass is 9.91. The first kappa shape index (κ1) is 19.0. The quantitative estimate of drug-likeness (QED) is 0.444. The Balaban J connectivity index is 2.56. The van der Waals surface area contributed by atoms with E-state index < -0.39 is 0 Å². The van der Waals surface area contributed by atoms with E-state index in [0.29, 0.717) is 0 Å². The summed E-state index contributed by atoms with van der Waals surface area (Å²) in [7, 11) is -0.470. The Morgan fingerprint density at radius 3 is 1.92 bits per heavy atom. The van der Waals surface area contributed by atoms with Crippen molar-refractivity contribution >= 4 is 49.4 Å². The van der Waals surface area contributed by atoms with Crippen LogP contribution in [0.25, 0.3) is 34.1 Å². The number of rotatable bonds is 5. The largest absolute Gasteiger partial charge is 0.0984 e. The van der Waals surface area contributed by atoms with Crippen molar-refractivity contribution < 1.29 is 0 Å². The van der Waals surface area contributed by atoms with Crippen LogP contribution in [0.1, 0.15) is 11.1 Å². The summed E-state index contributed by atoms with van der Waals surface area (Å²) in [6, 6.07) is 17.8. The highest BCUT2D eigenvalue weighted by Crippen LogP contribution is 2.41. The smallest absolute Gasteiger partial charge is 0.00159 e. The molecule has 0 heterocycles. The van der Waals surface area contributed by atoms with E-state index in [-0.39, 0.29) is 15.8 Å². The van der Waals surface area contributed by atoms with Crippen LogP contribution in [0.3, 0.4) is 0 Å². The zero-order valence-corrected chi connectivity index (χ0v) is 17.9. The van der Waals surface area contributed by atoms with Gasteiger partial charge in [0, 0.05) is 0 Å². The molecule has 0 N–H and O–H groups in total. The van der Waals surface area contributed by atoms with Crippen LogP contribution in [0, 0.1) is 0 Å². The van der Waals surface area contributed by atoms with E-state index in [1.54, 1.807) is 0 Å². The highest BCUT2D eigenvalue weighted by atomic mass is 31.1. The Labute approximate surface area is 160 Å². The van der Waals surface area contributed by atoms with Gasteiger partial charge in [0.1, 0.15) is 0 Å². The standard InChI is InChI=1S/C24H26P2/c1-7-17-13-15-21(25(3)4)23(19(17)8-2)24-20-12-10-9-11-18(20)14-16-22(24)26(5)6/h7-16H,1-2H2,3-6H3. The minimum absolute atomic E-state index is 0.229. The number of fused-ring (bicyclic) bond motifs is 1. The topological polar surface area (TPSA) is 0 Å². The molecule has 2 heteroatoms. The van der Waals surface area contributed by atoms with Crippen molar-refractivity contribution in [3.63, 3.8) is 0 Å². The maximum atomic E-state index is 4.15. The third-order valence-electron chi connectivity index (χ3n) is 4.80. The van der Waals surface area contributed by atoms with Gasteiger partial charge in [-0.3, -0.25) is 0 Å². The van der Waals surface area contributed by atoms with Crippen molar-refractivity contribution in [3.05, 3.63) is 72.8 Å². The molecule has 0 saturated carbocycles. The molecule has 0 saturated heterocycles. The highest BCUT2D eigenvalue weighted by molar-refractivity contribution is 7.65. The van der Waals surface area contributed by atoms with Crippen LogP contribution in [0.15, 0.2) is 61.7 Å². The van der Waals surface area contributed by atoms with Crippen LogP contribution in [-0.2, 0) is 0 Å². The van der Waals surface area contributed by atoms with Gasteiger partial charge in [-0.15, -0.1) is 0 Å². The molecule has 0 aliphatic rings. The van der Waals surface area contributed by atoms with Crippen LogP contribution < -0.4 is 10.6 Å². The molecule has 0 aliphatic heterocycles. The average Bonchev–Trinajstić information content (AvgIpc) is 2.65. The van der Waals surface area contributed by atoms with Gasteiger partial charge in [0.25, 0.3) is 0 Å². The summed E-state index contributed by atoms with van der Waals surface area (Å²) < 4.78 is 0. The molecule has 3 rings (SSSR count). The lowest BCUT2D eigenvalue weighted by Crippen LogP contribution is -2.14. The Morgan fingerprint density at radius 2 is 1.31 bits per heavy atom. The fourth-order valence-electron chi connectivity index (χ4n) is 3.55. The Kier molecular flexibility index (Phi) is 5.76. The molecule has 0 aliphatic carbocycles. The van der Waals surface area contributed by atoms with E-state index in [0.717, 1.165) is 5.56 Å². The third-order valence-corrected chi connectivity index (χ3v) is 7.47. The average molecular weight is 376 g/mol. The maximum Gasteiger partial charge on any atom is -0.00159 e. The van der Waals surface area contributed by atoms with Crippen molar-refractivity contribution in [1.82, 2.24) is 0 Å². The lowest BCUT2D eigenvalue weighted by molar-refractivity contribution is 1.63. The molecule has 26 heavy (non-hydrogen) atoms. The molecule has 0 unspecified atom stereocenters. The summed E-state index contributed by atoms with van der Waals surface area (Å²) in [5.41, 5.74) is 5.12. The second kappa shape index (κ2) is 7.87. The first-order chi connectivity index (χ1) is 12.5. The molecule has 0 nitrogen and oxygen atoms in total. The first-order valence-electron chi connectivity index (χ1n) is 8.78. The SMILES string of the molecule is C=Cc1ccc(P(C)C)c(-c2c(P(C)C)ccc3ccccc23)c1C=C. The molecule has 3 aromatic carbocycles. The molecule has 0 amide bonds. The van der Waals surface area contributed by atoms with Gasteiger partial charge in [-0.25, -0.2) is 0 Å². The summed E-state index contributed by atoms with van der Waals surface area (Å²) in [6.45, 7) is 17.5. The van der Waals surface area contributed by atoms with Gasteiger partial charge in [0.05, 0.1) is 0 Å². The number of benzene rings is 3. The van der Waals surface area contributed by atoms with E-state index >= 15 is 0 Å². The number of hydrogen-bond acceptors (Lipinski definition) is 0. The first-order valence-corrected chi connectivity index (χ1v) is 13.3. The van der Waals surface area contributed by atoms with E-state index in [9.17, 15) is 0 Å². The summed E-state index contributed by atoms with van der Waals surface area (Å²) in [5.74, 6) is 0. The van der Waals surface area contributed by atoms with Gasteiger partial charge < -0.3 is 0 Å². The molecule has 0 atom stereocenters. The van der Waals surface area contributed by atoms with Crippen LogP contribution in [0.2, 0.25) is 0 Å². The van der Waals surface area contributed by atoms with Crippen LogP contribution in [0.4, 0.5) is 0 Å². The van der Waals surface area contributed by atoms with Gasteiger partial charge in [0.15, 0.2) is 0 Å². The summed E-state index contributed by atoms with van der Waals surface area (Å²) in [6.07, 6.45) is 3.96. The van der Waals surface area contributed by atoms with Crippen molar-refractivity contribution in [1.29, 1.82) is 0 Å². The predicted molar refractivity (Wildman–Crippen MR) is 126 cm³/mol. The van der Waals surface area contributed by atoms with Gasteiger partial charge in [-0.2, -0.15) is 0 Å². The summed E-state index contributed by atoms with van der Waals surface area (Å²) >= 11 is 0. The summed E-state index contributed by atoms with van der Waals surface area (Å²) in [5, 5.41) is 5.53. The van der Waals surface area contributed by atoms with Gasteiger partial charge in [-0.05, 0) is 70.3 Å². The molecule has 0 aromatic heterocycles. The Morgan fingerprint density at radius 1 is 0.692 bits per heavy atom. The fourth-order valence-corrected chi connectivity index (χ4v) is 5.66. The fraction of sp³-hybridized carbons (Fsp3) is 0.167. The van der Waals surface area contributed by atoms with Gasteiger partial charge >= 0.3 is 0 Å². The molecule has 3 aromatic rings. The van der Waals surface area contributed by atoms with E-state index in [1.807, 2.05) is 12.2 Å². The predicted octanol–water partition coefficient (Wildman–Crippen LogP) is 6.53. The lowest BCUT2D eigenvalue weighted by Gasteiger charge is -2.23. The van der Waals surface area contributed by atoms with Crippen LogP contribution >= 0.6 is 15.8 Å². The molecular weight excluding hydrogens is 350 g/mol. The van der Waals surface area contributed by atoms with Gasteiger partial charge in [-0.1, -0.05) is 89.7 Å². The summed E-state index contributed by atoms with van der Waals surface area (Å²) in [4.78, 5) is 0. The normalized spacial score (nSPS) is 11.3. The molecule has 0 spiro atoms. The molecular formula is C24H26P2. The maximum absolute atomic E-state index is 4.15. The van der Waals surface area contributed by atoms with Crippen molar-refractivity contribution in [2.75, 3.05) is 26.7 Å². The van der Waals surface area contributed by atoms with E-state index in [2.05, 4.69) is 88.3 Å². The third kappa shape index (κ3) is 3.29. The monoisotopic (exact) mass is 376 g/mol. The zero-order chi connectivity index (χ0) is 18.8. The molecule has 132 valence electrons. The zero-order valence-electron chi connectivity index (χ0n) is 16.1. The van der Waals surface area contributed by atoms with Gasteiger partial charge in [0.2, 0.25) is 0 Å². The molecule has 0 bridgehead atoms. The van der Waals surface area contributed by atoms with Crippen molar-refractivity contribution in [2.45, 2.75) is 0 Å². The molecule has 0 fully saturated rings.